The topological polar surface area (TPSA) is 20.2 Å². The van der Waals surface area contributed by atoms with Gasteiger partial charge in [0.25, 0.3) is 0 Å². The van der Waals surface area contributed by atoms with Crippen LogP contribution in [0.25, 0.3) is 10.8 Å². The Balaban J connectivity index is 2.07. The van der Waals surface area contributed by atoms with Crippen LogP contribution in [0.5, 0.6) is 0 Å². The molecule has 1 atom stereocenters. The molecule has 0 heterocycles. The maximum Gasteiger partial charge on any atom is 0.0581 e. The number of fused-ring (bicyclic) bond motifs is 1. The molecule has 2 aromatic rings. The lowest BCUT2D eigenvalue weighted by atomic mass is 9.98. The second kappa shape index (κ2) is 6.81. The first-order chi connectivity index (χ1) is 8.81. The minimum Gasteiger partial charge on any atom is -0.393 e. The molecule has 1 unspecified atom stereocenters. The maximum absolute atomic E-state index is 10.1. The van der Waals surface area contributed by atoms with Crippen LogP contribution in [0.1, 0.15) is 18.4 Å². The van der Waals surface area contributed by atoms with E-state index in [4.69, 9.17) is 0 Å². The van der Waals surface area contributed by atoms with Gasteiger partial charge in [0.15, 0.2) is 0 Å². The van der Waals surface area contributed by atoms with E-state index in [1.54, 1.807) is 0 Å². The molecule has 0 bridgehead atoms. The molecule has 0 aromatic heterocycles. The van der Waals surface area contributed by atoms with Crippen LogP contribution in [0.4, 0.5) is 0 Å². The lowest BCUT2D eigenvalue weighted by molar-refractivity contribution is 0.164. The Bertz CT molecular complexity index is 490. The van der Waals surface area contributed by atoms with Crippen molar-refractivity contribution >= 4 is 22.5 Å². The van der Waals surface area contributed by atoms with Gasteiger partial charge in [-0.1, -0.05) is 42.5 Å². The molecular formula is C16H20OS. The van der Waals surface area contributed by atoms with Crippen LogP contribution in [-0.2, 0) is 6.42 Å². The van der Waals surface area contributed by atoms with Gasteiger partial charge in [-0.2, -0.15) is 11.8 Å². The van der Waals surface area contributed by atoms with Crippen molar-refractivity contribution < 1.29 is 5.11 Å². The van der Waals surface area contributed by atoms with Crippen molar-refractivity contribution in [1.82, 2.24) is 0 Å². The molecule has 0 saturated carbocycles. The molecule has 1 N–H and O–H groups in total. The molecule has 1 nitrogen and oxygen atoms in total. The van der Waals surface area contributed by atoms with Gasteiger partial charge in [-0.15, -0.1) is 0 Å². The first-order valence-electron chi connectivity index (χ1n) is 6.45. The molecule has 0 aliphatic rings. The molecule has 0 radical (unpaired) electrons. The van der Waals surface area contributed by atoms with Gasteiger partial charge < -0.3 is 5.11 Å². The van der Waals surface area contributed by atoms with E-state index in [9.17, 15) is 5.11 Å². The fraction of sp³-hybridized carbons (Fsp3) is 0.375. The lowest BCUT2D eigenvalue weighted by Crippen LogP contribution is -2.10. The summed E-state index contributed by atoms with van der Waals surface area (Å²) in [5, 5.41) is 12.6. The second-order valence-electron chi connectivity index (χ2n) is 4.63. The largest absolute Gasteiger partial charge is 0.393 e. The monoisotopic (exact) mass is 260 g/mol. The standard InChI is InChI=1S/C16H20OS/c1-18-11-5-9-15(17)12-14-8-4-7-13-6-2-3-10-16(13)14/h2-4,6-8,10,15,17H,5,9,11-12H2,1H3. The van der Waals surface area contributed by atoms with Gasteiger partial charge in [0.1, 0.15) is 0 Å². The third-order valence-corrected chi connectivity index (χ3v) is 3.92. The molecule has 0 amide bonds. The van der Waals surface area contributed by atoms with Crippen molar-refractivity contribution in [3.63, 3.8) is 0 Å². The molecule has 0 aliphatic heterocycles. The molecule has 0 aliphatic carbocycles. The summed E-state index contributed by atoms with van der Waals surface area (Å²) in [7, 11) is 0. The Labute approximate surface area is 113 Å². The summed E-state index contributed by atoms with van der Waals surface area (Å²) in [4.78, 5) is 0. The highest BCUT2D eigenvalue weighted by atomic mass is 32.2. The van der Waals surface area contributed by atoms with E-state index in [2.05, 4.69) is 48.7 Å². The van der Waals surface area contributed by atoms with Crippen LogP contribution in [0, 0.1) is 0 Å². The van der Waals surface area contributed by atoms with Gasteiger partial charge in [-0.05, 0) is 47.6 Å². The molecular weight excluding hydrogens is 240 g/mol. The van der Waals surface area contributed by atoms with Crippen LogP contribution < -0.4 is 0 Å². The molecule has 96 valence electrons. The van der Waals surface area contributed by atoms with Crippen molar-refractivity contribution in [3.8, 4) is 0 Å². The predicted octanol–water partition coefficient (Wildman–Crippen LogP) is 3.89. The van der Waals surface area contributed by atoms with E-state index in [0.717, 1.165) is 25.0 Å². The van der Waals surface area contributed by atoms with Crippen LogP contribution in [-0.4, -0.2) is 23.2 Å². The summed E-state index contributed by atoms with van der Waals surface area (Å²) in [6, 6.07) is 14.7. The van der Waals surface area contributed by atoms with E-state index in [0.29, 0.717) is 0 Å². The van der Waals surface area contributed by atoms with Crippen molar-refractivity contribution in [2.75, 3.05) is 12.0 Å². The fourth-order valence-corrected chi connectivity index (χ4v) is 2.75. The number of aliphatic hydroxyl groups is 1. The summed E-state index contributed by atoms with van der Waals surface area (Å²) < 4.78 is 0. The van der Waals surface area contributed by atoms with Gasteiger partial charge in [-0.3, -0.25) is 0 Å². The third kappa shape index (κ3) is 3.50. The van der Waals surface area contributed by atoms with Gasteiger partial charge in [-0.25, -0.2) is 0 Å². The smallest absolute Gasteiger partial charge is 0.0581 e. The van der Waals surface area contributed by atoms with Crippen molar-refractivity contribution in [2.45, 2.75) is 25.4 Å². The highest BCUT2D eigenvalue weighted by molar-refractivity contribution is 7.98. The molecule has 0 spiro atoms. The van der Waals surface area contributed by atoms with Gasteiger partial charge >= 0.3 is 0 Å². The van der Waals surface area contributed by atoms with E-state index in [1.807, 2.05) is 11.8 Å². The summed E-state index contributed by atoms with van der Waals surface area (Å²) in [5.74, 6) is 1.13. The summed E-state index contributed by atoms with van der Waals surface area (Å²) in [5.41, 5.74) is 1.25. The third-order valence-electron chi connectivity index (χ3n) is 3.22. The average molecular weight is 260 g/mol. The quantitative estimate of drug-likeness (QED) is 0.795. The highest BCUT2D eigenvalue weighted by Crippen LogP contribution is 2.20. The number of hydrogen-bond acceptors (Lipinski definition) is 2. The normalized spacial score (nSPS) is 12.8. The molecule has 2 heteroatoms. The number of aliphatic hydroxyl groups excluding tert-OH is 1. The minimum absolute atomic E-state index is 0.219. The molecule has 2 rings (SSSR count). The highest BCUT2D eigenvalue weighted by Gasteiger charge is 2.07. The maximum atomic E-state index is 10.1. The summed E-state index contributed by atoms with van der Waals surface area (Å²) >= 11 is 1.84. The van der Waals surface area contributed by atoms with E-state index >= 15 is 0 Å². The van der Waals surface area contributed by atoms with Crippen LogP contribution >= 0.6 is 11.8 Å². The summed E-state index contributed by atoms with van der Waals surface area (Å²) in [6.07, 6.45) is 4.63. The zero-order valence-corrected chi connectivity index (χ0v) is 11.6. The van der Waals surface area contributed by atoms with Crippen LogP contribution in [0.2, 0.25) is 0 Å². The van der Waals surface area contributed by atoms with Gasteiger partial charge in [0.05, 0.1) is 6.10 Å². The zero-order valence-electron chi connectivity index (χ0n) is 10.8. The van der Waals surface area contributed by atoms with E-state index in [-0.39, 0.29) is 6.10 Å². The molecule has 0 fully saturated rings. The van der Waals surface area contributed by atoms with Crippen LogP contribution in [0.3, 0.4) is 0 Å². The second-order valence-corrected chi connectivity index (χ2v) is 5.62. The Hall–Kier alpha value is -0.990. The van der Waals surface area contributed by atoms with Gasteiger partial charge in [0, 0.05) is 0 Å². The summed E-state index contributed by atoms with van der Waals surface area (Å²) in [6.45, 7) is 0. The number of thioether (sulfide) groups is 1. The average Bonchev–Trinajstić information content (AvgIpc) is 2.39. The number of benzene rings is 2. The van der Waals surface area contributed by atoms with Gasteiger partial charge in [0.2, 0.25) is 0 Å². The van der Waals surface area contributed by atoms with Crippen molar-refractivity contribution in [3.05, 3.63) is 48.0 Å². The predicted molar refractivity (Wildman–Crippen MR) is 81.3 cm³/mol. The number of hydrogen-bond donors (Lipinski definition) is 1. The Kier molecular flexibility index (Phi) is 5.09. The lowest BCUT2D eigenvalue weighted by Gasteiger charge is -2.12. The van der Waals surface area contributed by atoms with Crippen molar-refractivity contribution in [2.24, 2.45) is 0 Å². The number of rotatable bonds is 6. The fourth-order valence-electron chi connectivity index (χ4n) is 2.29. The first-order valence-corrected chi connectivity index (χ1v) is 7.84. The van der Waals surface area contributed by atoms with E-state index < -0.39 is 0 Å². The molecule has 0 saturated heterocycles. The Morgan fingerprint density at radius 3 is 2.72 bits per heavy atom. The molecule has 2 aromatic carbocycles. The van der Waals surface area contributed by atoms with Crippen LogP contribution in [0.15, 0.2) is 42.5 Å². The molecule has 18 heavy (non-hydrogen) atoms. The zero-order chi connectivity index (χ0) is 12.8. The van der Waals surface area contributed by atoms with E-state index in [1.165, 1.54) is 16.3 Å². The first kappa shape index (κ1) is 13.4. The Morgan fingerprint density at radius 2 is 1.89 bits per heavy atom. The SMILES string of the molecule is CSCCCC(O)Cc1cccc2ccccc12. The minimum atomic E-state index is -0.219. The van der Waals surface area contributed by atoms with Crippen molar-refractivity contribution in [1.29, 1.82) is 0 Å². The Morgan fingerprint density at radius 1 is 1.11 bits per heavy atom.